The molecule has 1 unspecified atom stereocenters. The van der Waals surface area contributed by atoms with Gasteiger partial charge < -0.3 is 75.8 Å². The van der Waals surface area contributed by atoms with E-state index in [4.69, 9.17) is 29.4 Å². The van der Waals surface area contributed by atoms with Crippen LogP contribution in [0.5, 0.6) is 0 Å². The lowest BCUT2D eigenvalue weighted by Gasteiger charge is -2.38. The van der Waals surface area contributed by atoms with E-state index in [-0.39, 0.29) is 101 Å². The van der Waals surface area contributed by atoms with Crippen LogP contribution in [0.2, 0.25) is 0 Å². The topological polar surface area (TPSA) is 365 Å². The lowest BCUT2D eigenvalue weighted by molar-refractivity contribution is -0.151. The summed E-state index contributed by atoms with van der Waals surface area (Å²) in [5, 5.41) is 42.4. The van der Waals surface area contributed by atoms with Gasteiger partial charge in [-0.25, -0.2) is 9.59 Å². The Kier molecular flexibility index (Phi) is 26.9. The quantitative estimate of drug-likeness (QED) is 0.0119. The molecule has 1 aromatic rings. The Morgan fingerprint density at radius 2 is 1.51 bits per heavy atom. The SMILES string of the molecule is CC[C@H](O)[C@@H](C)[C@H]1O[C@@H]1CC(C)(O)/C=C/C=C(\C)[C@H]1OC(=O)C[C@H](O)CC[C@@](C)(OC)[C@@H](OC(=O)N2CCN(C(=O)OCc3ccc(NC(=O)[C@H](CC(N)=O)NC(=O)[C@H](C)NC(=O)[C@H](C)NC(=O)CCCCCN4C(=O)C=CC4=O)cc3)CC2)/C=C/[C@@H]1C. The van der Waals surface area contributed by atoms with Gasteiger partial charge in [-0.05, 0) is 96.1 Å². The Labute approximate surface area is 513 Å². The van der Waals surface area contributed by atoms with Crippen LogP contribution in [0.25, 0.3) is 0 Å². The third-order valence-corrected chi connectivity index (χ3v) is 16.2. The number of methoxy groups -OCH3 is 1. The number of rotatable bonds is 27. The predicted octanol–water partition coefficient (Wildman–Crippen LogP) is 3.11. The van der Waals surface area contributed by atoms with Crippen molar-refractivity contribution in [1.82, 2.24) is 30.7 Å². The minimum absolute atomic E-state index is 0.0650. The van der Waals surface area contributed by atoms with E-state index < -0.39 is 114 Å². The van der Waals surface area contributed by atoms with Gasteiger partial charge in [-0.1, -0.05) is 63.6 Å². The van der Waals surface area contributed by atoms with Gasteiger partial charge in [0.2, 0.25) is 29.5 Å². The molecule has 4 aliphatic rings. The van der Waals surface area contributed by atoms with E-state index in [9.17, 15) is 63.3 Å². The second-order valence-corrected chi connectivity index (χ2v) is 23.6. The molecule has 5 rings (SSSR count). The van der Waals surface area contributed by atoms with E-state index in [2.05, 4.69) is 21.3 Å². The first-order valence-corrected chi connectivity index (χ1v) is 30.0. The van der Waals surface area contributed by atoms with Crippen molar-refractivity contribution in [2.75, 3.05) is 45.2 Å². The molecule has 26 heteroatoms. The second kappa shape index (κ2) is 33.2. The van der Waals surface area contributed by atoms with Crippen molar-refractivity contribution in [2.45, 2.75) is 192 Å². The van der Waals surface area contributed by atoms with Gasteiger partial charge in [-0.2, -0.15) is 0 Å². The maximum atomic E-state index is 13.9. The fourth-order valence-corrected chi connectivity index (χ4v) is 10.3. The molecule has 0 spiro atoms. The monoisotopic (exact) mass is 1230 g/mol. The number of carbonyl (C=O) groups excluding carboxylic acids is 10. The molecule has 4 aliphatic heterocycles. The van der Waals surface area contributed by atoms with Crippen molar-refractivity contribution in [3.63, 3.8) is 0 Å². The van der Waals surface area contributed by atoms with Crippen LogP contribution in [0.15, 0.2) is 72.4 Å². The first-order valence-electron chi connectivity index (χ1n) is 30.0. The summed E-state index contributed by atoms with van der Waals surface area (Å²) in [6.07, 6.45) is 7.90. The molecule has 2 saturated heterocycles. The number of aliphatic hydroxyl groups is 3. The number of esters is 1. The van der Waals surface area contributed by atoms with Crippen LogP contribution >= 0.6 is 0 Å². The highest BCUT2D eigenvalue weighted by Crippen LogP contribution is 2.38. The van der Waals surface area contributed by atoms with Gasteiger partial charge in [0, 0.05) is 82.4 Å². The number of unbranched alkanes of at least 4 members (excludes halogenated alkanes) is 2. The first kappa shape index (κ1) is 71.2. The Balaban J connectivity index is 1.08. The summed E-state index contributed by atoms with van der Waals surface area (Å²) in [5.41, 5.74) is 4.49. The molecule has 0 bridgehead atoms. The molecule has 9 N–H and O–H groups in total. The highest BCUT2D eigenvalue weighted by atomic mass is 16.6. The van der Waals surface area contributed by atoms with Gasteiger partial charge in [-0.3, -0.25) is 43.3 Å². The summed E-state index contributed by atoms with van der Waals surface area (Å²) in [7, 11) is 1.47. The summed E-state index contributed by atoms with van der Waals surface area (Å²) >= 11 is 0. The molecule has 1 aromatic carbocycles. The van der Waals surface area contributed by atoms with Crippen LogP contribution in [0.3, 0.4) is 0 Å². The van der Waals surface area contributed by atoms with Crippen LogP contribution in [-0.4, -0.2) is 195 Å². The standard InChI is InChI=1S/C62H90N8O18/c1-10-46(72)39(4)55-47(86-55)35-61(7,83)26-14-15-37(2)54-38(3)17-22-48(62(8,84-9)27-25-44(71)33-53(77)88-54)87-60(82)69-31-29-68(30-32-69)59(81)85-36-42-18-20-43(21-19-42)66-58(80)45(34-49(63)73)67-57(79)41(6)65-56(78)40(5)64-50(74)16-12-11-13-28-70-51(75)23-24-52(70)76/h14-15,17-24,26,38-41,44-48,54-55,71-72,83H,10-13,16,25,27-36H2,1-9H3,(H2,63,73)(H,64,74)(H,65,78)(H,66,80)(H,67,79)/b22-17+,26-14+,37-15+/t38-,39+,40-,41-,44+,45-,46-,47+,48-,54+,55+,61?,62+/m0/s1. The number of nitrogens with one attached hydrogen (secondary N) is 4. The fraction of sp³-hybridized carbons (Fsp3) is 0.613. The van der Waals surface area contributed by atoms with E-state index in [0.29, 0.717) is 43.2 Å². The number of benzene rings is 1. The van der Waals surface area contributed by atoms with Gasteiger partial charge in [0.05, 0.1) is 42.9 Å². The van der Waals surface area contributed by atoms with Crippen LogP contribution < -0.4 is 27.0 Å². The van der Waals surface area contributed by atoms with Gasteiger partial charge in [0.15, 0.2) is 6.10 Å². The number of piperazine rings is 1. The number of ether oxygens (including phenoxy) is 5. The number of primary amides is 1. The number of hydrogen-bond acceptors (Lipinski definition) is 18. The number of cyclic esters (lactones) is 1. The summed E-state index contributed by atoms with van der Waals surface area (Å²) in [6, 6.07) is 2.52. The number of anilines is 1. The van der Waals surface area contributed by atoms with Gasteiger partial charge in [0.1, 0.15) is 36.4 Å². The molecule has 0 aliphatic carbocycles. The van der Waals surface area contributed by atoms with Crippen molar-refractivity contribution < 1.29 is 86.9 Å². The molecule has 4 heterocycles. The number of imide groups is 1. The van der Waals surface area contributed by atoms with Crippen molar-refractivity contribution in [3.05, 3.63) is 77.9 Å². The molecule has 0 aromatic heterocycles. The van der Waals surface area contributed by atoms with E-state index in [0.717, 1.165) is 4.90 Å². The molecule has 0 saturated carbocycles. The third kappa shape index (κ3) is 22.0. The average Bonchev–Trinajstić information content (AvgIpc) is 3.04. The summed E-state index contributed by atoms with van der Waals surface area (Å²) < 4.78 is 29.4. The normalized spacial score (nSPS) is 25.3. The van der Waals surface area contributed by atoms with Crippen molar-refractivity contribution in [2.24, 2.45) is 17.6 Å². The number of nitrogens with two attached hydrogens (primary N) is 1. The van der Waals surface area contributed by atoms with Crippen LogP contribution in [0.1, 0.15) is 125 Å². The van der Waals surface area contributed by atoms with Crippen molar-refractivity contribution in [1.29, 1.82) is 0 Å². The molecule has 0 radical (unpaired) electrons. The number of epoxide rings is 1. The number of allylic oxidation sites excluding steroid dienone is 2. The minimum Gasteiger partial charge on any atom is -0.457 e. The van der Waals surface area contributed by atoms with E-state index in [1.54, 1.807) is 63.3 Å². The lowest BCUT2D eigenvalue weighted by Crippen LogP contribution is -2.55. The largest absolute Gasteiger partial charge is 0.457 e. The van der Waals surface area contributed by atoms with Gasteiger partial charge in [-0.15, -0.1) is 0 Å². The first-order chi connectivity index (χ1) is 41.5. The summed E-state index contributed by atoms with van der Waals surface area (Å²) in [4.78, 5) is 131. The fourth-order valence-electron chi connectivity index (χ4n) is 10.3. The average molecular weight is 1240 g/mol. The predicted molar refractivity (Wildman–Crippen MR) is 320 cm³/mol. The zero-order valence-corrected chi connectivity index (χ0v) is 51.9. The molecular formula is C62H90N8O18. The van der Waals surface area contributed by atoms with Gasteiger partial charge in [0.25, 0.3) is 11.8 Å². The summed E-state index contributed by atoms with van der Waals surface area (Å²) in [5.74, 6) is -5.51. The highest BCUT2D eigenvalue weighted by Gasteiger charge is 2.47. The molecular weight excluding hydrogens is 1140 g/mol. The lowest BCUT2D eigenvalue weighted by atomic mass is 9.88. The Bertz CT molecular complexity index is 2740. The minimum atomic E-state index is -1.44. The third-order valence-electron chi connectivity index (χ3n) is 16.2. The number of amides is 9. The van der Waals surface area contributed by atoms with E-state index in [1.807, 2.05) is 20.8 Å². The van der Waals surface area contributed by atoms with Crippen molar-refractivity contribution in [3.8, 4) is 0 Å². The number of aliphatic hydroxyl groups excluding tert-OH is 2. The van der Waals surface area contributed by atoms with E-state index >= 15 is 0 Å². The van der Waals surface area contributed by atoms with E-state index in [1.165, 1.54) is 55.0 Å². The smallest absolute Gasteiger partial charge is 0.410 e. The molecule has 2 fully saturated rings. The maximum Gasteiger partial charge on any atom is 0.410 e. The number of carbonyl (C=O) groups is 10. The number of hydrogen-bond donors (Lipinski definition) is 8. The molecule has 26 nitrogen and oxygen atoms in total. The summed E-state index contributed by atoms with van der Waals surface area (Å²) in [6.45, 7) is 14.2. The van der Waals surface area contributed by atoms with Crippen LogP contribution in [0, 0.1) is 11.8 Å². The molecule has 13 atom stereocenters. The van der Waals surface area contributed by atoms with Gasteiger partial charge >= 0.3 is 18.2 Å². The Hall–Kier alpha value is -7.52. The maximum absolute atomic E-state index is 13.9. The van der Waals surface area contributed by atoms with Crippen LogP contribution in [-0.2, 0) is 68.6 Å². The Morgan fingerprint density at radius 3 is 2.14 bits per heavy atom. The van der Waals surface area contributed by atoms with Crippen molar-refractivity contribution >= 4 is 65.2 Å². The Morgan fingerprint density at radius 1 is 0.886 bits per heavy atom. The zero-order valence-electron chi connectivity index (χ0n) is 51.9. The number of nitrogens with zero attached hydrogens (tertiary/aromatic N) is 3. The highest BCUT2D eigenvalue weighted by molar-refractivity contribution is 6.12. The second-order valence-electron chi connectivity index (χ2n) is 23.6. The molecule has 88 heavy (non-hydrogen) atoms. The zero-order chi connectivity index (χ0) is 65.0. The molecule has 486 valence electrons. The molecule has 9 amide bonds. The van der Waals surface area contributed by atoms with Crippen LogP contribution in [0.4, 0.5) is 15.3 Å².